The van der Waals surface area contributed by atoms with Crippen molar-refractivity contribution in [3.8, 4) is 0 Å². The van der Waals surface area contributed by atoms with Crippen LogP contribution in [0.25, 0.3) is 0 Å². The molecule has 97 valence electrons. The summed E-state index contributed by atoms with van der Waals surface area (Å²) in [6.07, 6.45) is 12.5. The lowest BCUT2D eigenvalue weighted by Crippen LogP contribution is -2.06. The Kier molecular flexibility index (Phi) is 12.1. The van der Waals surface area contributed by atoms with Crippen molar-refractivity contribution in [3.05, 3.63) is 0 Å². The van der Waals surface area contributed by atoms with Gasteiger partial charge in [0.2, 0.25) is 0 Å². The summed E-state index contributed by atoms with van der Waals surface area (Å²) in [5.74, 6) is 2.74. The molecule has 0 spiro atoms. The molecule has 0 saturated heterocycles. The second-order valence-corrected chi connectivity index (χ2v) is 5.72. The summed E-state index contributed by atoms with van der Waals surface area (Å²) in [4.78, 5) is 0. The van der Waals surface area contributed by atoms with Crippen molar-refractivity contribution in [1.29, 1.82) is 0 Å². The van der Waals surface area contributed by atoms with Crippen LogP contribution in [0.4, 0.5) is 0 Å². The molecule has 0 rings (SSSR count). The summed E-state index contributed by atoms with van der Waals surface area (Å²) in [7, 11) is 0. The predicted molar refractivity (Wildman–Crippen MR) is 78.0 cm³/mol. The largest absolute Gasteiger partial charge is 0.0941 e. The van der Waals surface area contributed by atoms with Crippen molar-refractivity contribution in [3.63, 3.8) is 0 Å². The first-order chi connectivity index (χ1) is 7.74. The maximum atomic E-state index is 5.05. The van der Waals surface area contributed by atoms with Crippen LogP contribution in [0.1, 0.15) is 78.6 Å². The first-order valence-electron chi connectivity index (χ1n) is 7.32. The third-order valence-corrected chi connectivity index (χ3v) is 3.88. The van der Waals surface area contributed by atoms with E-state index in [0.717, 1.165) is 17.6 Å². The molecule has 16 heavy (non-hydrogen) atoms. The molecule has 2 unspecified atom stereocenters. The fourth-order valence-corrected chi connectivity index (χ4v) is 2.82. The third-order valence-electron chi connectivity index (χ3n) is 3.64. The zero-order valence-electron chi connectivity index (χ0n) is 11.6. The average molecular weight is 243 g/mol. The predicted octanol–water partition coefficient (Wildman–Crippen LogP) is 5.99. The molecule has 0 aromatic carbocycles. The van der Waals surface area contributed by atoms with Crippen LogP contribution < -0.4 is 0 Å². The van der Waals surface area contributed by atoms with Gasteiger partial charge in [0, 0.05) is 5.75 Å². The van der Waals surface area contributed by atoms with E-state index < -0.39 is 0 Å². The summed E-state index contributed by atoms with van der Waals surface area (Å²) in [5.41, 5.74) is 0. The fourth-order valence-electron chi connectivity index (χ4n) is 2.41. The van der Waals surface area contributed by atoms with E-state index in [9.17, 15) is 0 Å². The number of rotatable bonds is 11. The van der Waals surface area contributed by atoms with Crippen molar-refractivity contribution < 1.29 is 0 Å². The van der Waals surface area contributed by atoms with E-state index in [0.29, 0.717) is 0 Å². The molecule has 0 amide bonds. The highest BCUT2D eigenvalue weighted by molar-refractivity contribution is 7.80. The minimum atomic E-state index is 0.845. The molecule has 2 atom stereocenters. The van der Waals surface area contributed by atoms with Gasteiger partial charge in [-0.25, -0.2) is 0 Å². The number of unbranched alkanes of at least 4 members (excludes halogenated alkanes) is 4. The summed E-state index contributed by atoms with van der Waals surface area (Å²) >= 11 is 5.05. The summed E-state index contributed by atoms with van der Waals surface area (Å²) in [6.45, 7) is 6.99. The van der Waals surface area contributed by atoms with Crippen LogP contribution in [-0.2, 0) is 0 Å². The fraction of sp³-hybridized carbons (Fsp3) is 1.00. The topological polar surface area (TPSA) is 0 Å². The molecule has 0 saturated carbocycles. The lowest BCUT2D eigenvalue weighted by atomic mass is 9.88. The lowest BCUT2D eigenvalue weighted by Gasteiger charge is -2.19. The lowest BCUT2D eigenvalue weighted by molar-refractivity contribution is 0.344. The minimum Gasteiger partial charge on any atom is -0.0941 e. The Hall–Kier alpha value is 0.350. The Labute approximate surface area is 109 Å². The third kappa shape index (κ3) is 9.57. The normalized spacial score (nSPS) is 15.0. The summed E-state index contributed by atoms with van der Waals surface area (Å²) in [6, 6.07) is 0. The van der Waals surface area contributed by atoms with Crippen molar-refractivity contribution in [2.45, 2.75) is 78.6 Å². The number of hydrogen-bond donors (Lipinski definition) is 0. The molecule has 0 aliphatic carbocycles. The Morgan fingerprint density at radius 3 is 2.19 bits per heavy atom. The molecule has 1 radical (unpaired) electrons. The van der Waals surface area contributed by atoms with Crippen molar-refractivity contribution >= 4 is 12.6 Å². The zero-order valence-corrected chi connectivity index (χ0v) is 12.5. The molecular weight excluding hydrogens is 212 g/mol. The Bertz CT molecular complexity index is 133. The molecule has 0 aromatic rings. The monoisotopic (exact) mass is 243 g/mol. The van der Waals surface area contributed by atoms with Crippen LogP contribution in [0.5, 0.6) is 0 Å². The highest BCUT2D eigenvalue weighted by Crippen LogP contribution is 2.24. The van der Waals surface area contributed by atoms with Crippen LogP contribution in [0.15, 0.2) is 0 Å². The van der Waals surface area contributed by atoms with Gasteiger partial charge in [-0.3, -0.25) is 0 Å². The van der Waals surface area contributed by atoms with Gasteiger partial charge in [-0.05, 0) is 24.7 Å². The molecule has 0 aromatic heterocycles. The van der Waals surface area contributed by atoms with Gasteiger partial charge in [0.25, 0.3) is 0 Å². The molecule has 0 N–H and O–H groups in total. The molecule has 0 bridgehead atoms. The van der Waals surface area contributed by atoms with Gasteiger partial charge >= 0.3 is 0 Å². The smallest absolute Gasteiger partial charge is 0.00394 e. The van der Waals surface area contributed by atoms with Crippen molar-refractivity contribution in [2.75, 3.05) is 5.75 Å². The molecule has 0 heterocycles. The SMILES string of the molecule is CCCCCCCC(CC)CC(C)CC[S]. The minimum absolute atomic E-state index is 0.845. The van der Waals surface area contributed by atoms with Crippen LogP contribution in [0, 0.1) is 11.8 Å². The maximum absolute atomic E-state index is 5.05. The van der Waals surface area contributed by atoms with E-state index in [-0.39, 0.29) is 0 Å². The van der Waals surface area contributed by atoms with E-state index >= 15 is 0 Å². The van der Waals surface area contributed by atoms with E-state index in [1.807, 2.05) is 0 Å². The Morgan fingerprint density at radius 2 is 1.62 bits per heavy atom. The van der Waals surface area contributed by atoms with Crippen molar-refractivity contribution in [2.24, 2.45) is 11.8 Å². The van der Waals surface area contributed by atoms with E-state index in [1.165, 1.54) is 57.8 Å². The van der Waals surface area contributed by atoms with Gasteiger partial charge in [-0.15, -0.1) is 0 Å². The summed E-state index contributed by atoms with van der Waals surface area (Å²) < 4.78 is 0. The Balaban J connectivity index is 3.50. The van der Waals surface area contributed by atoms with E-state index in [2.05, 4.69) is 20.8 Å². The quantitative estimate of drug-likeness (QED) is 0.391. The van der Waals surface area contributed by atoms with Crippen LogP contribution in [0.3, 0.4) is 0 Å². The molecule has 0 fully saturated rings. The highest BCUT2D eigenvalue weighted by Gasteiger charge is 2.10. The molecule has 0 nitrogen and oxygen atoms in total. The van der Waals surface area contributed by atoms with Crippen molar-refractivity contribution in [1.82, 2.24) is 0 Å². The van der Waals surface area contributed by atoms with Gasteiger partial charge in [-0.1, -0.05) is 78.3 Å². The van der Waals surface area contributed by atoms with E-state index in [4.69, 9.17) is 12.6 Å². The van der Waals surface area contributed by atoms with Crippen LogP contribution in [0.2, 0.25) is 0 Å². The van der Waals surface area contributed by atoms with Gasteiger partial charge in [0.15, 0.2) is 0 Å². The second kappa shape index (κ2) is 11.8. The maximum Gasteiger partial charge on any atom is 0.00394 e. The zero-order chi connectivity index (χ0) is 12.2. The Morgan fingerprint density at radius 1 is 0.938 bits per heavy atom. The molecule has 0 aliphatic heterocycles. The van der Waals surface area contributed by atoms with E-state index in [1.54, 1.807) is 0 Å². The summed E-state index contributed by atoms with van der Waals surface area (Å²) in [5, 5.41) is 0. The first kappa shape index (κ1) is 16.4. The standard InChI is InChI=1S/C15H31S/c1-4-6-7-8-9-10-15(5-2)13-14(3)11-12-16/h14-15H,4-13H2,1-3H3. The van der Waals surface area contributed by atoms with Gasteiger partial charge < -0.3 is 0 Å². The highest BCUT2D eigenvalue weighted by atomic mass is 32.1. The van der Waals surface area contributed by atoms with Gasteiger partial charge in [0.05, 0.1) is 0 Å². The number of hydrogen-bond acceptors (Lipinski definition) is 0. The van der Waals surface area contributed by atoms with Gasteiger partial charge in [-0.2, -0.15) is 0 Å². The average Bonchev–Trinajstić information content (AvgIpc) is 2.27. The first-order valence-corrected chi connectivity index (χ1v) is 7.90. The van der Waals surface area contributed by atoms with Crippen LogP contribution in [-0.4, -0.2) is 5.75 Å². The second-order valence-electron chi connectivity index (χ2n) is 5.31. The van der Waals surface area contributed by atoms with Gasteiger partial charge in [0.1, 0.15) is 0 Å². The molecular formula is C15H31S. The van der Waals surface area contributed by atoms with Crippen LogP contribution >= 0.6 is 12.6 Å². The molecule has 1 heteroatoms. The molecule has 0 aliphatic rings.